The molecule has 1 N–H and O–H groups in total. The van der Waals surface area contributed by atoms with Gasteiger partial charge in [-0.2, -0.15) is 0 Å². The number of methoxy groups -OCH3 is 2. The van der Waals surface area contributed by atoms with Crippen LogP contribution in [0.5, 0.6) is 11.5 Å². The predicted octanol–water partition coefficient (Wildman–Crippen LogP) is 3.97. The summed E-state index contributed by atoms with van der Waals surface area (Å²) in [6.45, 7) is 3.04. The van der Waals surface area contributed by atoms with Crippen molar-refractivity contribution >= 4 is 17.4 Å². The summed E-state index contributed by atoms with van der Waals surface area (Å²) in [6, 6.07) is 13.3. The van der Waals surface area contributed by atoms with Crippen LogP contribution in [0.4, 0.5) is 0 Å². The summed E-state index contributed by atoms with van der Waals surface area (Å²) in [5.41, 5.74) is 1.71. The zero-order valence-electron chi connectivity index (χ0n) is 16.4. The van der Waals surface area contributed by atoms with Gasteiger partial charge in [-0.3, -0.25) is 9.69 Å². The van der Waals surface area contributed by atoms with E-state index in [0.717, 1.165) is 23.7 Å². The van der Waals surface area contributed by atoms with E-state index in [-0.39, 0.29) is 18.4 Å². The number of hydrogen-bond acceptors (Lipinski definition) is 5. The maximum Gasteiger partial charge on any atom is 0.176 e. The Morgan fingerprint density at radius 1 is 1.11 bits per heavy atom. The average molecular weight is 403 g/mol. The van der Waals surface area contributed by atoms with Crippen molar-refractivity contribution < 1.29 is 14.3 Å². The second-order valence-electron chi connectivity index (χ2n) is 6.90. The number of carbonyl (C=O) groups is 1. The smallest absolute Gasteiger partial charge is 0.176 e. The first-order valence-corrected chi connectivity index (χ1v) is 9.96. The Kier molecular flexibility index (Phi) is 7.31. The standard InChI is InChI=1S/C22H27ClN2O3/c1-27-21-10-9-16(13-22(21)28-2)20(26)15-24-14-19(25-11-5-6-12-25)17-7-3-4-8-18(17)23/h3-4,7-10,13,19,24H,5-6,11-12,14-15H2,1-2H3. The van der Waals surface area contributed by atoms with Crippen LogP contribution in [0.3, 0.4) is 0 Å². The van der Waals surface area contributed by atoms with Gasteiger partial charge >= 0.3 is 0 Å². The Morgan fingerprint density at radius 3 is 2.50 bits per heavy atom. The summed E-state index contributed by atoms with van der Waals surface area (Å²) in [5, 5.41) is 4.10. The lowest BCUT2D eigenvalue weighted by atomic mass is 10.0. The van der Waals surface area contributed by atoms with Gasteiger partial charge in [-0.15, -0.1) is 0 Å². The third-order valence-electron chi connectivity index (χ3n) is 5.17. The van der Waals surface area contributed by atoms with Crippen molar-refractivity contribution in [2.75, 3.05) is 40.4 Å². The number of likely N-dealkylation sites (tertiary alicyclic amines) is 1. The van der Waals surface area contributed by atoms with E-state index in [2.05, 4.69) is 16.3 Å². The molecule has 1 aliphatic rings. The van der Waals surface area contributed by atoms with Gasteiger partial charge in [0.15, 0.2) is 17.3 Å². The van der Waals surface area contributed by atoms with Gasteiger partial charge in [0.25, 0.3) is 0 Å². The molecule has 2 aromatic rings. The van der Waals surface area contributed by atoms with E-state index in [1.807, 2.05) is 18.2 Å². The normalized spacial score (nSPS) is 15.4. The lowest BCUT2D eigenvalue weighted by Gasteiger charge is -2.29. The molecule has 6 heteroatoms. The Hall–Kier alpha value is -2.08. The van der Waals surface area contributed by atoms with Crippen LogP contribution in [0.15, 0.2) is 42.5 Å². The van der Waals surface area contributed by atoms with Crippen molar-refractivity contribution in [2.45, 2.75) is 18.9 Å². The minimum atomic E-state index is 0.0142. The molecule has 1 fully saturated rings. The number of nitrogens with one attached hydrogen (secondary N) is 1. The van der Waals surface area contributed by atoms with Gasteiger partial charge in [-0.25, -0.2) is 0 Å². The van der Waals surface area contributed by atoms with E-state index in [4.69, 9.17) is 21.1 Å². The van der Waals surface area contributed by atoms with Crippen LogP contribution in [0, 0.1) is 0 Å². The topological polar surface area (TPSA) is 50.8 Å². The first-order valence-electron chi connectivity index (χ1n) is 9.58. The Labute approximate surface area is 171 Å². The second-order valence-corrected chi connectivity index (χ2v) is 7.31. The first kappa shape index (κ1) is 20.6. The summed E-state index contributed by atoms with van der Waals surface area (Å²) >= 11 is 6.45. The van der Waals surface area contributed by atoms with Crippen LogP contribution < -0.4 is 14.8 Å². The highest BCUT2D eigenvalue weighted by Crippen LogP contribution is 2.30. The predicted molar refractivity (Wildman–Crippen MR) is 112 cm³/mol. The minimum Gasteiger partial charge on any atom is -0.493 e. The first-order chi connectivity index (χ1) is 13.6. The van der Waals surface area contributed by atoms with Gasteiger partial charge < -0.3 is 14.8 Å². The Bertz CT molecular complexity index is 806. The van der Waals surface area contributed by atoms with E-state index in [1.165, 1.54) is 12.8 Å². The van der Waals surface area contributed by atoms with Crippen LogP contribution in [0.1, 0.15) is 34.8 Å². The van der Waals surface area contributed by atoms with Crippen molar-refractivity contribution in [3.63, 3.8) is 0 Å². The van der Waals surface area contributed by atoms with Gasteiger partial charge in [0.2, 0.25) is 0 Å². The molecule has 0 aliphatic carbocycles. The van der Waals surface area contributed by atoms with Crippen LogP contribution in [0.2, 0.25) is 5.02 Å². The molecular weight excluding hydrogens is 376 g/mol. The third-order valence-corrected chi connectivity index (χ3v) is 5.52. The monoisotopic (exact) mass is 402 g/mol. The molecule has 3 rings (SSSR count). The summed E-state index contributed by atoms with van der Waals surface area (Å²) in [4.78, 5) is 15.1. The number of Topliss-reactive ketones (excluding diaryl/α,β-unsaturated/α-hetero) is 1. The van der Waals surface area contributed by atoms with E-state index < -0.39 is 0 Å². The van der Waals surface area contributed by atoms with E-state index >= 15 is 0 Å². The molecule has 0 spiro atoms. The Balaban J connectivity index is 1.65. The maximum atomic E-state index is 12.6. The Morgan fingerprint density at radius 2 is 1.82 bits per heavy atom. The largest absolute Gasteiger partial charge is 0.493 e. The fraction of sp³-hybridized carbons (Fsp3) is 0.409. The molecule has 0 saturated carbocycles. The van der Waals surface area contributed by atoms with Gasteiger partial charge in [0.1, 0.15) is 0 Å². The molecule has 2 aromatic carbocycles. The molecule has 28 heavy (non-hydrogen) atoms. The number of hydrogen-bond donors (Lipinski definition) is 1. The van der Waals surface area contributed by atoms with Crippen molar-refractivity contribution in [1.29, 1.82) is 0 Å². The highest BCUT2D eigenvalue weighted by atomic mass is 35.5. The van der Waals surface area contributed by atoms with Gasteiger partial charge in [0, 0.05) is 23.2 Å². The molecule has 0 amide bonds. The zero-order chi connectivity index (χ0) is 19.9. The van der Waals surface area contributed by atoms with Crippen LogP contribution in [-0.4, -0.2) is 51.1 Å². The number of rotatable bonds is 9. The molecule has 1 heterocycles. The van der Waals surface area contributed by atoms with Crippen LogP contribution in [-0.2, 0) is 0 Å². The minimum absolute atomic E-state index is 0.0142. The molecule has 0 bridgehead atoms. The fourth-order valence-electron chi connectivity index (χ4n) is 3.67. The zero-order valence-corrected chi connectivity index (χ0v) is 17.2. The number of ether oxygens (including phenoxy) is 2. The van der Waals surface area contributed by atoms with E-state index in [9.17, 15) is 4.79 Å². The molecule has 1 aliphatic heterocycles. The lowest BCUT2D eigenvalue weighted by Crippen LogP contribution is -2.36. The number of nitrogens with zero attached hydrogens (tertiary/aromatic N) is 1. The molecular formula is C22H27ClN2O3. The number of carbonyl (C=O) groups excluding carboxylic acids is 1. The van der Waals surface area contributed by atoms with Crippen molar-refractivity contribution in [1.82, 2.24) is 10.2 Å². The quantitative estimate of drug-likeness (QED) is 0.643. The molecule has 5 nitrogen and oxygen atoms in total. The molecule has 1 saturated heterocycles. The van der Waals surface area contributed by atoms with Gasteiger partial charge in [0.05, 0.1) is 20.8 Å². The molecule has 150 valence electrons. The SMILES string of the molecule is COc1ccc(C(=O)CNCC(c2ccccc2Cl)N2CCCC2)cc1OC. The van der Waals surface area contributed by atoms with Crippen molar-refractivity contribution in [2.24, 2.45) is 0 Å². The second kappa shape index (κ2) is 9.92. The molecule has 0 radical (unpaired) electrons. The van der Waals surface area contributed by atoms with Crippen molar-refractivity contribution in [3.05, 3.63) is 58.6 Å². The van der Waals surface area contributed by atoms with Crippen LogP contribution in [0.25, 0.3) is 0 Å². The van der Waals surface area contributed by atoms with Crippen LogP contribution >= 0.6 is 11.6 Å². The number of halogens is 1. The summed E-state index contributed by atoms with van der Waals surface area (Å²) in [5.74, 6) is 1.18. The fourth-order valence-corrected chi connectivity index (χ4v) is 3.93. The molecule has 1 atom stereocenters. The summed E-state index contributed by atoms with van der Waals surface area (Å²) < 4.78 is 10.5. The van der Waals surface area contributed by atoms with Gasteiger partial charge in [-0.05, 0) is 55.8 Å². The van der Waals surface area contributed by atoms with Gasteiger partial charge in [-0.1, -0.05) is 29.8 Å². The highest BCUT2D eigenvalue weighted by Gasteiger charge is 2.25. The molecule has 0 aromatic heterocycles. The van der Waals surface area contributed by atoms with Crippen molar-refractivity contribution in [3.8, 4) is 11.5 Å². The summed E-state index contributed by atoms with van der Waals surface area (Å²) in [6.07, 6.45) is 2.40. The lowest BCUT2D eigenvalue weighted by molar-refractivity contribution is 0.0987. The maximum absolute atomic E-state index is 12.6. The summed E-state index contributed by atoms with van der Waals surface area (Å²) in [7, 11) is 3.14. The van der Waals surface area contributed by atoms with E-state index in [1.54, 1.807) is 32.4 Å². The molecule has 1 unspecified atom stereocenters. The highest BCUT2D eigenvalue weighted by molar-refractivity contribution is 6.31. The third kappa shape index (κ3) is 4.85. The van der Waals surface area contributed by atoms with E-state index in [0.29, 0.717) is 23.6 Å². The average Bonchev–Trinajstić information content (AvgIpc) is 3.25. The number of ketones is 1. The number of benzene rings is 2.